The highest BCUT2D eigenvalue weighted by molar-refractivity contribution is 7.89. The number of fused-ring (bicyclic) bond motifs is 1. The van der Waals surface area contributed by atoms with Gasteiger partial charge >= 0.3 is 5.69 Å². The number of aromatic nitrogens is 6. The molecule has 0 radical (unpaired) electrons. The molecule has 0 aliphatic heterocycles. The summed E-state index contributed by atoms with van der Waals surface area (Å²) >= 11 is 0. The van der Waals surface area contributed by atoms with Crippen LogP contribution < -0.4 is 16.0 Å². The second-order valence-corrected chi connectivity index (χ2v) is 11.2. The van der Waals surface area contributed by atoms with Crippen molar-refractivity contribution >= 4 is 20.9 Å². The summed E-state index contributed by atoms with van der Waals surface area (Å²) in [5, 5.41) is 4.49. The number of hydrogen-bond acceptors (Lipinski definition) is 6. The van der Waals surface area contributed by atoms with Crippen LogP contribution in [0, 0.1) is 13.8 Å². The molecule has 0 amide bonds. The van der Waals surface area contributed by atoms with E-state index < -0.39 is 26.8 Å². The summed E-state index contributed by atoms with van der Waals surface area (Å²) in [6.45, 7) is 5.62. The monoisotopic (exact) mass is 497 g/mol. The quantitative estimate of drug-likeness (QED) is 0.393. The third-order valence-electron chi connectivity index (χ3n) is 6.39. The molecule has 1 aromatic carbocycles. The van der Waals surface area contributed by atoms with Gasteiger partial charge in [0.05, 0.1) is 52.2 Å². The topological polar surface area (TPSA) is 137 Å². The number of H-pyrrole nitrogens is 1. The molecule has 1 saturated carbocycles. The molecule has 12 heteroatoms. The Bertz CT molecular complexity index is 1690. The van der Waals surface area contributed by atoms with Crippen LogP contribution in [0.1, 0.15) is 42.7 Å². The maximum Gasteiger partial charge on any atom is 0.332 e. The van der Waals surface area contributed by atoms with E-state index in [4.69, 9.17) is 0 Å². The lowest BCUT2D eigenvalue weighted by molar-refractivity contribution is 0.558. The Morgan fingerprint density at radius 1 is 1.11 bits per heavy atom. The summed E-state index contributed by atoms with van der Waals surface area (Å²) in [4.78, 5) is 34.2. The molecule has 35 heavy (non-hydrogen) atoms. The highest BCUT2D eigenvalue weighted by Gasteiger charge is 2.41. The zero-order valence-corrected chi connectivity index (χ0v) is 20.8. The van der Waals surface area contributed by atoms with Crippen LogP contribution in [0.25, 0.3) is 10.9 Å². The highest BCUT2D eigenvalue weighted by atomic mass is 32.2. The Balaban J connectivity index is 1.71. The van der Waals surface area contributed by atoms with Crippen molar-refractivity contribution < 1.29 is 8.42 Å². The standard InChI is InChI=1S/C23H27N7O4S/c1-14-9-17(28(4)26-14)13-29-20-6-5-18(35(33,34)27-23(3)7-8-23)10-19(20)21(31)30(22(29)32)12-16-11-24-15(2)25-16/h5-6,9-11,27H,7-8,12-13H2,1-4H3,(H,24,25). The normalized spacial score (nSPS) is 15.1. The molecule has 3 aromatic heterocycles. The molecule has 1 aliphatic carbocycles. The average molecular weight is 498 g/mol. The van der Waals surface area contributed by atoms with Gasteiger partial charge in [0, 0.05) is 12.6 Å². The fourth-order valence-corrected chi connectivity index (χ4v) is 5.72. The average Bonchev–Trinajstić information content (AvgIpc) is 3.20. The van der Waals surface area contributed by atoms with Crippen molar-refractivity contribution in [3.63, 3.8) is 0 Å². The highest BCUT2D eigenvalue weighted by Crippen LogP contribution is 2.36. The van der Waals surface area contributed by atoms with Crippen LogP contribution in [0.2, 0.25) is 0 Å². The van der Waals surface area contributed by atoms with Gasteiger partial charge in [0.2, 0.25) is 10.0 Å². The molecule has 2 N–H and O–H groups in total. The van der Waals surface area contributed by atoms with Crippen LogP contribution in [0.15, 0.2) is 44.9 Å². The van der Waals surface area contributed by atoms with E-state index >= 15 is 0 Å². The molecule has 11 nitrogen and oxygen atoms in total. The van der Waals surface area contributed by atoms with Crippen molar-refractivity contribution in [1.82, 2.24) is 33.6 Å². The molecule has 4 aromatic rings. The van der Waals surface area contributed by atoms with Gasteiger partial charge in [-0.25, -0.2) is 22.9 Å². The largest absolute Gasteiger partial charge is 0.345 e. The van der Waals surface area contributed by atoms with Gasteiger partial charge in [0.1, 0.15) is 5.82 Å². The molecule has 0 spiro atoms. The number of aryl methyl sites for hydroxylation is 3. The van der Waals surface area contributed by atoms with Crippen LogP contribution >= 0.6 is 0 Å². The molecule has 0 bridgehead atoms. The van der Waals surface area contributed by atoms with Crippen LogP contribution in [0.4, 0.5) is 0 Å². The van der Waals surface area contributed by atoms with Crippen LogP contribution in [-0.4, -0.2) is 42.8 Å². The lowest BCUT2D eigenvalue weighted by Gasteiger charge is -2.16. The molecule has 0 saturated heterocycles. The zero-order chi connectivity index (χ0) is 25.1. The number of imidazole rings is 1. The van der Waals surface area contributed by atoms with E-state index in [1.807, 2.05) is 19.9 Å². The van der Waals surface area contributed by atoms with Crippen LogP contribution in [0.3, 0.4) is 0 Å². The predicted molar refractivity (Wildman–Crippen MR) is 130 cm³/mol. The summed E-state index contributed by atoms with van der Waals surface area (Å²) in [5.41, 5.74) is 0.992. The predicted octanol–water partition coefficient (Wildman–Crippen LogP) is 1.16. The van der Waals surface area contributed by atoms with E-state index in [0.717, 1.165) is 28.8 Å². The van der Waals surface area contributed by atoms with Crippen LogP contribution in [0.5, 0.6) is 0 Å². The van der Waals surface area contributed by atoms with Gasteiger partial charge < -0.3 is 4.98 Å². The number of rotatable bonds is 7. The number of benzene rings is 1. The first-order chi connectivity index (χ1) is 16.5. The van der Waals surface area contributed by atoms with Crippen molar-refractivity contribution in [2.45, 2.75) is 57.1 Å². The number of sulfonamides is 1. The third-order valence-corrected chi connectivity index (χ3v) is 8.03. The number of hydrogen-bond donors (Lipinski definition) is 2. The minimum atomic E-state index is -3.83. The lowest BCUT2D eigenvalue weighted by atomic mass is 10.2. The van der Waals surface area contributed by atoms with Crippen molar-refractivity contribution in [3.8, 4) is 0 Å². The maximum atomic E-state index is 13.5. The van der Waals surface area contributed by atoms with Gasteiger partial charge in [0.25, 0.3) is 5.56 Å². The fourth-order valence-electron chi connectivity index (χ4n) is 4.23. The van der Waals surface area contributed by atoms with E-state index in [0.29, 0.717) is 17.0 Å². The van der Waals surface area contributed by atoms with E-state index in [1.54, 1.807) is 24.9 Å². The molecule has 3 heterocycles. The Morgan fingerprint density at radius 2 is 1.86 bits per heavy atom. The van der Waals surface area contributed by atoms with E-state index in [-0.39, 0.29) is 23.4 Å². The summed E-state index contributed by atoms with van der Waals surface area (Å²) in [6.07, 6.45) is 3.10. The number of nitrogens with zero attached hydrogens (tertiary/aromatic N) is 5. The van der Waals surface area contributed by atoms with E-state index in [9.17, 15) is 18.0 Å². The van der Waals surface area contributed by atoms with Crippen molar-refractivity contribution in [2.24, 2.45) is 7.05 Å². The van der Waals surface area contributed by atoms with Gasteiger partial charge in [-0.05, 0) is 57.9 Å². The van der Waals surface area contributed by atoms with E-state index in [1.165, 1.54) is 22.8 Å². The minimum absolute atomic E-state index is 0.0132. The Kier molecular flexibility index (Phi) is 5.33. The third kappa shape index (κ3) is 4.34. The lowest BCUT2D eigenvalue weighted by Crippen LogP contribution is -2.41. The van der Waals surface area contributed by atoms with E-state index in [2.05, 4.69) is 19.8 Å². The Labute approximate surface area is 201 Å². The van der Waals surface area contributed by atoms with Gasteiger partial charge in [0.15, 0.2) is 0 Å². The summed E-state index contributed by atoms with van der Waals surface area (Å²) < 4.78 is 33.0. The SMILES string of the molecule is Cc1cc(Cn2c(=O)n(Cc3cnc(C)[nH]3)c(=O)c3cc(S(=O)(=O)NC4(C)CC4)ccc32)n(C)n1. The number of aromatic amines is 1. The molecule has 5 rings (SSSR count). The zero-order valence-electron chi connectivity index (χ0n) is 20.0. The first kappa shape index (κ1) is 23.2. The summed E-state index contributed by atoms with van der Waals surface area (Å²) in [7, 11) is -2.05. The molecular weight excluding hydrogens is 470 g/mol. The van der Waals surface area contributed by atoms with Gasteiger partial charge in [-0.15, -0.1) is 0 Å². The first-order valence-corrected chi connectivity index (χ1v) is 12.8. The molecule has 184 valence electrons. The Hall–Kier alpha value is -3.51. The van der Waals surface area contributed by atoms with Gasteiger partial charge in [-0.2, -0.15) is 5.10 Å². The van der Waals surface area contributed by atoms with Gasteiger partial charge in [-0.1, -0.05) is 0 Å². The smallest absolute Gasteiger partial charge is 0.332 e. The van der Waals surface area contributed by atoms with Crippen molar-refractivity contribution in [2.75, 3.05) is 0 Å². The fraction of sp³-hybridized carbons (Fsp3) is 0.391. The second kappa shape index (κ2) is 8.02. The molecule has 1 fully saturated rings. The summed E-state index contributed by atoms with van der Waals surface area (Å²) in [6, 6.07) is 6.18. The second-order valence-electron chi connectivity index (χ2n) is 9.50. The molecular formula is C23H27N7O4S. The van der Waals surface area contributed by atoms with Crippen molar-refractivity contribution in [1.29, 1.82) is 0 Å². The Morgan fingerprint density at radius 3 is 2.46 bits per heavy atom. The van der Waals surface area contributed by atoms with Gasteiger partial charge in [-0.3, -0.25) is 18.6 Å². The number of nitrogens with one attached hydrogen (secondary N) is 2. The molecule has 1 aliphatic rings. The summed E-state index contributed by atoms with van der Waals surface area (Å²) in [5.74, 6) is 0.660. The van der Waals surface area contributed by atoms with Crippen molar-refractivity contribution in [3.05, 3.63) is 74.2 Å². The molecule has 0 atom stereocenters. The minimum Gasteiger partial charge on any atom is -0.345 e. The first-order valence-electron chi connectivity index (χ1n) is 11.3. The maximum absolute atomic E-state index is 13.5. The van der Waals surface area contributed by atoms with Crippen LogP contribution in [-0.2, 0) is 30.2 Å². The molecule has 0 unspecified atom stereocenters.